The Morgan fingerprint density at radius 2 is 1.72 bits per heavy atom. The Balaban J connectivity index is 2.36. The molecular weight excluding hydrogens is 404 g/mol. The summed E-state index contributed by atoms with van der Waals surface area (Å²) in [6.45, 7) is 1.15. The van der Waals surface area contributed by atoms with E-state index in [0.717, 1.165) is 13.0 Å². The number of hydrogen-bond donors (Lipinski definition) is 0. The van der Waals surface area contributed by atoms with Crippen LogP contribution in [0.2, 0.25) is 0 Å². The molecule has 0 aliphatic rings. The molecule has 1 amide bonds. The largest absolute Gasteiger partial charge is 0.494 e. The number of anilines is 1. The highest BCUT2D eigenvalue weighted by Crippen LogP contribution is 2.39. The maximum absolute atomic E-state index is 12.8. The second-order valence-electron chi connectivity index (χ2n) is 5.64. The van der Waals surface area contributed by atoms with Gasteiger partial charge < -0.3 is 9.47 Å². The summed E-state index contributed by atoms with van der Waals surface area (Å²) in [5, 5.41) is 18.4. The molecule has 0 bridgehead atoms. The molecule has 2 aromatic rings. The van der Waals surface area contributed by atoms with Crippen LogP contribution in [0.4, 0.5) is 17.1 Å². The summed E-state index contributed by atoms with van der Waals surface area (Å²) in [5.74, 6) is -1.03. The molecule has 29 heavy (non-hydrogen) atoms. The number of non-ortho nitro benzene ring substituents is 1. The van der Waals surface area contributed by atoms with Gasteiger partial charge in [-0.15, -0.1) is 0 Å². The fourth-order valence-corrected chi connectivity index (χ4v) is 2.60. The number of hydrogen-bond acceptors (Lipinski definition) is 8. The SMILES string of the molecule is COc1cccc(OC)c1N(Cl)C(=O)C(N=Nc1cccc([N+](=O)[O-])c1)C(C)=O. The first-order chi connectivity index (χ1) is 13.8. The van der Waals surface area contributed by atoms with Crippen molar-refractivity contribution in [2.75, 3.05) is 18.6 Å². The standard InChI is InChI=1S/C18H17ClN4O6/c1-11(24)16(21-20-12-6-4-7-13(10-12)23(26)27)18(25)22(19)17-14(28-2)8-5-9-15(17)29-3/h4-10,16H,1-3H3. The van der Waals surface area contributed by atoms with Crippen LogP contribution in [0, 0.1) is 10.1 Å². The normalized spacial score (nSPS) is 11.7. The predicted molar refractivity (Wildman–Crippen MR) is 105 cm³/mol. The smallest absolute Gasteiger partial charge is 0.276 e. The van der Waals surface area contributed by atoms with Gasteiger partial charge in [-0.25, -0.2) is 4.42 Å². The average molecular weight is 421 g/mol. The Labute approximate surface area is 171 Å². The summed E-state index contributed by atoms with van der Waals surface area (Å²) in [5.41, 5.74) is 0.0000833. The number of azo groups is 1. The van der Waals surface area contributed by atoms with E-state index in [-0.39, 0.29) is 28.6 Å². The van der Waals surface area contributed by atoms with E-state index in [1.54, 1.807) is 18.2 Å². The van der Waals surface area contributed by atoms with E-state index in [0.29, 0.717) is 4.42 Å². The third-order valence-electron chi connectivity index (χ3n) is 3.74. The van der Waals surface area contributed by atoms with Crippen LogP contribution in [-0.2, 0) is 9.59 Å². The fraction of sp³-hybridized carbons (Fsp3) is 0.222. The number of ketones is 1. The van der Waals surface area contributed by atoms with Crippen molar-refractivity contribution in [1.29, 1.82) is 0 Å². The average Bonchev–Trinajstić information content (AvgIpc) is 2.72. The van der Waals surface area contributed by atoms with Gasteiger partial charge in [-0.05, 0) is 25.1 Å². The number of ether oxygens (including phenoxy) is 2. The van der Waals surface area contributed by atoms with Crippen LogP contribution in [0.15, 0.2) is 52.7 Å². The highest BCUT2D eigenvalue weighted by atomic mass is 35.5. The number of nitro benzene ring substituents is 1. The van der Waals surface area contributed by atoms with Crippen molar-refractivity contribution in [2.45, 2.75) is 13.0 Å². The molecule has 1 atom stereocenters. The number of rotatable bonds is 8. The fourth-order valence-electron chi connectivity index (χ4n) is 2.34. The molecule has 10 nitrogen and oxygen atoms in total. The molecule has 0 aliphatic heterocycles. The number of carbonyl (C=O) groups excluding carboxylic acids is 2. The van der Waals surface area contributed by atoms with Gasteiger partial charge >= 0.3 is 0 Å². The molecular formula is C18H17ClN4O6. The van der Waals surface area contributed by atoms with Gasteiger partial charge in [-0.3, -0.25) is 19.7 Å². The number of nitro groups is 1. The quantitative estimate of drug-likeness (QED) is 0.210. The monoisotopic (exact) mass is 420 g/mol. The molecule has 0 N–H and O–H groups in total. The Morgan fingerprint density at radius 3 is 2.24 bits per heavy atom. The minimum Gasteiger partial charge on any atom is -0.494 e. The zero-order valence-electron chi connectivity index (χ0n) is 15.7. The van der Waals surface area contributed by atoms with Crippen molar-refractivity contribution in [1.82, 2.24) is 0 Å². The summed E-state index contributed by atoms with van der Waals surface area (Å²) >= 11 is 6.19. The van der Waals surface area contributed by atoms with Crippen molar-refractivity contribution < 1.29 is 24.0 Å². The Kier molecular flexibility index (Phi) is 7.21. The van der Waals surface area contributed by atoms with E-state index >= 15 is 0 Å². The molecule has 0 aromatic heterocycles. The summed E-state index contributed by atoms with van der Waals surface area (Å²) < 4.78 is 11.1. The van der Waals surface area contributed by atoms with Gasteiger partial charge in [0.1, 0.15) is 17.2 Å². The molecule has 0 spiro atoms. The number of methoxy groups -OCH3 is 2. The summed E-state index contributed by atoms with van der Waals surface area (Å²) in [7, 11) is 2.77. The van der Waals surface area contributed by atoms with Gasteiger partial charge in [0.05, 0.1) is 24.8 Å². The summed E-state index contributed by atoms with van der Waals surface area (Å²) in [6, 6.07) is 8.49. The maximum atomic E-state index is 12.8. The zero-order chi connectivity index (χ0) is 21.6. The van der Waals surface area contributed by atoms with Crippen LogP contribution in [0.1, 0.15) is 6.92 Å². The van der Waals surface area contributed by atoms with E-state index in [9.17, 15) is 19.7 Å². The molecule has 1 unspecified atom stereocenters. The van der Waals surface area contributed by atoms with Crippen LogP contribution >= 0.6 is 11.8 Å². The molecule has 2 rings (SSSR count). The number of carbonyl (C=O) groups is 2. The van der Waals surface area contributed by atoms with E-state index in [2.05, 4.69) is 10.2 Å². The first-order valence-electron chi connectivity index (χ1n) is 8.16. The van der Waals surface area contributed by atoms with Crippen LogP contribution in [-0.4, -0.2) is 36.9 Å². The number of benzene rings is 2. The maximum Gasteiger partial charge on any atom is 0.276 e. The van der Waals surface area contributed by atoms with Crippen molar-refractivity contribution in [2.24, 2.45) is 10.2 Å². The van der Waals surface area contributed by atoms with Gasteiger partial charge in [0, 0.05) is 23.9 Å². The minimum atomic E-state index is -1.57. The van der Waals surface area contributed by atoms with E-state index in [1.807, 2.05) is 0 Å². The van der Waals surface area contributed by atoms with E-state index in [1.165, 1.54) is 32.4 Å². The molecule has 2 aromatic carbocycles. The molecule has 0 heterocycles. The van der Waals surface area contributed by atoms with Crippen LogP contribution in [0.25, 0.3) is 0 Å². The van der Waals surface area contributed by atoms with Crippen LogP contribution < -0.4 is 13.9 Å². The number of amides is 1. The lowest BCUT2D eigenvalue weighted by Crippen LogP contribution is -2.36. The first-order valence-corrected chi connectivity index (χ1v) is 8.50. The van der Waals surface area contributed by atoms with Gasteiger partial charge in [0.25, 0.3) is 11.6 Å². The van der Waals surface area contributed by atoms with Gasteiger partial charge in [0.15, 0.2) is 5.78 Å². The van der Waals surface area contributed by atoms with Crippen molar-refractivity contribution in [3.05, 3.63) is 52.6 Å². The van der Waals surface area contributed by atoms with Crippen molar-refractivity contribution in [3.8, 4) is 11.5 Å². The molecule has 0 saturated carbocycles. The minimum absolute atomic E-state index is 0.0981. The highest BCUT2D eigenvalue weighted by Gasteiger charge is 2.32. The molecule has 11 heteroatoms. The van der Waals surface area contributed by atoms with Crippen molar-refractivity contribution in [3.63, 3.8) is 0 Å². The number of para-hydroxylation sites is 1. The Hall–Kier alpha value is -3.53. The molecule has 0 saturated heterocycles. The van der Waals surface area contributed by atoms with E-state index < -0.39 is 22.7 Å². The Morgan fingerprint density at radius 1 is 1.14 bits per heavy atom. The molecule has 152 valence electrons. The van der Waals surface area contributed by atoms with Gasteiger partial charge in [-0.1, -0.05) is 12.1 Å². The van der Waals surface area contributed by atoms with Crippen LogP contribution in [0.3, 0.4) is 0 Å². The van der Waals surface area contributed by atoms with E-state index in [4.69, 9.17) is 21.3 Å². The first kappa shape index (κ1) is 21.8. The molecule has 0 fully saturated rings. The lowest BCUT2D eigenvalue weighted by Gasteiger charge is -2.21. The van der Waals surface area contributed by atoms with Crippen LogP contribution in [0.5, 0.6) is 11.5 Å². The van der Waals surface area contributed by atoms with Gasteiger partial charge in [-0.2, -0.15) is 10.2 Å². The molecule has 0 radical (unpaired) electrons. The lowest BCUT2D eigenvalue weighted by atomic mass is 10.2. The zero-order valence-corrected chi connectivity index (χ0v) is 16.5. The second-order valence-corrected chi connectivity index (χ2v) is 5.97. The topological polar surface area (TPSA) is 124 Å². The third kappa shape index (κ3) is 5.05. The van der Waals surface area contributed by atoms with Gasteiger partial charge in [0.2, 0.25) is 6.04 Å². The number of nitrogens with zero attached hydrogens (tertiary/aromatic N) is 4. The highest BCUT2D eigenvalue weighted by molar-refractivity contribution is 6.39. The second kappa shape index (κ2) is 9.60. The predicted octanol–water partition coefficient (Wildman–Crippen LogP) is 3.84. The molecule has 0 aliphatic carbocycles. The lowest BCUT2D eigenvalue weighted by molar-refractivity contribution is -0.384. The summed E-state index contributed by atoms with van der Waals surface area (Å²) in [6.07, 6.45) is 0. The number of halogens is 1. The number of Topliss-reactive ketones (excluding diaryl/α,β-unsaturated/α-hetero) is 1. The summed E-state index contributed by atoms with van der Waals surface area (Å²) in [4.78, 5) is 35.1. The third-order valence-corrected chi connectivity index (χ3v) is 4.08. The Bertz CT molecular complexity index is 943. The van der Waals surface area contributed by atoms with Crippen molar-refractivity contribution >= 4 is 40.5 Å².